The zero-order valence-corrected chi connectivity index (χ0v) is 19.1. The molecule has 0 aromatic heterocycles. The molecule has 5 amide bonds. The molecule has 0 saturated carbocycles. The molecule has 37 heavy (non-hydrogen) atoms. The lowest BCUT2D eigenvalue weighted by Crippen LogP contribution is -2.39. The number of hydrazone groups is 1. The van der Waals surface area contributed by atoms with Gasteiger partial charge in [0.2, 0.25) is 17.7 Å². The number of carbonyl (C=O) groups excluding carboxylic acids is 5. The summed E-state index contributed by atoms with van der Waals surface area (Å²) < 4.78 is 13.6. The first kappa shape index (κ1) is 26.4. The standard InChI is InChI=1S/C22H18FN7O7/c1-12-21(27-26-13-6-8-14(9-7-13)30(36)37)22(35)29(28-12)20(34)11-19(33)25-18(32)10-17(31)24-16-5-3-2-4-15(16)23/h2-9,21H,10-11H2,1H3,(H,24,31)(H,25,32,33)/t21-/m0/s1. The average Bonchev–Trinajstić information content (AvgIpc) is 3.12. The first-order valence-electron chi connectivity index (χ1n) is 10.5. The Morgan fingerprint density at radius 3 is 2.35 bits per heavy atom. The minimum atomic E-state index is -1.26. The Morgan fingerprint density at radius 1 is 1.05 bits per heavy atom. The molecule has 0 radical (unpaired) electrons. The maximum Gasteiger partial charge on any atom is 0.282 e. The van der Waals surface area contributed by atoms with E-state index in [1.165, 1.54) is 49.4 Å². The van der Waals surface area contributed by atoms with Gasteiger partial charge in [0.15, 0.2) is 6.04 Å². The van der Waals surface area contributed by atoms with Crippen molar-refractivity contribution in [2.75, 3.05) is 5.32 Å². The molecule has 1 aliphatic rings. The molecule has 15 heteroatoms. The lowest BCUT2D eigenvalue weighted by Gasteiger charge is -2.10. The van der Waals surface area contributed by atoms with Crippen molar-refractivity contribution < 1.29 is 33.3 Å². The maximum atomic E-state index is 13.6. The van der Waals surface area contributed by atoms with Crippen molar-refractivity contribution in [3.8, 4) is 0 Å². The van der Waals surface area contributed by atoms with Crippen molar-refractivity contribution in [2.24, 2.45) is 15.3 Å². The van der Waals surface area contributed by atoms with Crippen molar-refractivity contribution >= 4 is 52.3 Å². The third-order valence-corrected chi connectivity index (χ3v) is 4.74. The summed E-state index contributed by atoms with van der Waals surface area (Å²) in [6.45, 7) is 1.41. The summed E-state index contributed by atoms with van der Waals surface area (Å²) in [5.41, 5.74) is 0.00830. The highest BCUT2D eigenvalue weighted by atomic mass is 19.1. The summed E-state index contributed by atoms with van der Waals surface area (Å²) in [5, 5.41) is 26.6. The van der Waals surface area contributed by atoms with Crippen LogP contribution in [-0.2, 0) is 24.0 Å². The maximum absolute atomic E-state index is 13.6. The van der Waals surface area contributed by atoms with Gasteiger partial charge in [-0.05, 0) is 31.2 Å². The van der Waals surface area contributed by atoms with Gasteiger partial charge in [-0.3, -0.25) is 39.4 Å². The number of rotatable bonds is 8. The van der Waals surface area contributed by atoms with E-state index in [0.29, 0.717) is 5.01 Å². The fourth-order valence-corrected chi connectivity index (χ4v) is 2.99. The summed E-state index contributed by atoms with van der Waals surface area (Å²) in [4.78, 5) is 70.9. The zero-order chi connectivity index (χ0) is 27.1. The van der Waals surface area contributed by atoms with E-state index in [2.05, 4.69) is 20.6 Å². The van der Waals surface area contributed by atoms with Crippen LogP contribution in [0.15, 0.2) is 63.9 Å². The van der Waals surface area contributed by atoms with Gasteiger partial charge in [-0.15, -0.1) is 0 Å². The summed E-state index contributed by atoms with van der Waals surface area (Å²) in [6, 6.07) is 9.04. The molecule has 0 fully saturated rings. The number of benzene rings is 2. The van der Waals surface area contributed by atoms with Crippen molar-refractivity contribution in [3.05, 3.63) is 64.5 Å². The predicted octanol–water partition coefficient (Wildman–Crippen LogP) is 1.99. The van der Waals surface area contributed by atoms with E-state index in [1.54, 1.807) is 0 Å². The number of nitrogens with zero attached hydrogens (tertiary/aromatic N) is 5. The molecule has 190 valence electrons. The number of amides is 5. The topological polar surface area (TPSA) is 193 Å². The number of nitrogens with one attached hydrogen (secondary N) is 2. The molecule has 2 aromatic rings. The second kappa shape index (κ2) is 11.5. The van der Waals surface area contributed by atoms with Crippen LogP contribution < -0.4 is 10.6 Å². The quantitative estimate of drug-likeness (QED) is 0.234. The SMILES string of the molecule is CC1=NN(C(=O)CC(=O)NC(=O)CC(=O)Nc2ccccc2F)C(=O)[C@H]1N=Nc1ccc([N+](=O)[O-])cc1. The van der Waals surface area contributed by atoms with Gasteiger partial charge < -0.3 is 5.32 Å². The number of imide groups is 2. The Balaban J connectivity index is 1.51. The molecular formula is C22H18FN7O7. The Labute approximate surface area is 207 Å². The van der Waals surface area contributed by atoms with Crippen molar-refractivity contribution in [1.82, 2.24) is 10.3 Å². The Morgan fingerprint density at radius 2 is 1.70 bits per heavy atom. The Hall–Kier alpha value is -5.21. The predicted molar refractivity (Wildman–Crippen MR) is 124 cm³/mol. The lowest BCUT2D eigenvalue weighted by atomic mass is 10.2. The van der Waals surface area contributed by atoms with Crippen molar-refractivity contribution in [2.45, 2.75) is 25.8 Å². The second-order valence-electron chi connectivity index (χ2n) is 7.53. The molecule has 1 heterocycles. The van der Waals surface area contributed by atoms with E-state index in [1.807, 2.05) is 5.32 Å². The van der Waals surface area contributed by atoms with Gasteiger partial charge in [-0.25, -0.2) is 4.39 Å². The normalized spacial score (nSPS) is 14.9. The lowest BCUT2D eigenvalue weighted by molar-refractivity contribution is -0.384. The third kappa shape index (κ3) is 6.91. The van der Waals surface area contributed by atoms with E-state index in [4.69, 9.17) is 0 Å². The van der Waals surface area contributed by atoms with Crippen LogP contribution in [0.5, 0.6) is 0 Å². The van der Waals surface area contributed by atoms with Gasteiger partial charge in [-0.1, -0.05) is 12.1 Å². The minimum Gasteiger partial charge on any atom is -0.323 e. The molecule has 0 aliphatic carbocycles. The largest absolute Gasteiger partial charge is 0.323 e. The number of halogens is 1. The number of carbonyl (C=O) groups is 5. The van der Waals surface area contributed by atoms with Gasteiger partial charge in [0, 0.05) is 12.1 Å². The van der Waals surface area contributed by atoms with Crippen LogP contribution in [-0.4, -0.2) is 51.2 Å². The van der Waals surface area contributed by atoms with Crippen LogP contribution in [0.25, 0.3) is 0 Å². The van der Waals surface area contributed by atoms with E-state index in [9.17, 15) is 38.5 Å². The average molecular weight is 511 g/mol. The first-order chi connectivity index (χ1) is 17.5. The highest BCUT2D eigenvalue weighted by Crippen LogP contribution is 2.21. The molecule has 3 rings (SSSR count). The van der Waals surface area contributed by atoms with Crippen LogP contribution >= 0.6 is 0 Å². The van der Waals surface area contributed by atoms with E-state index < -0.39 is 59.2 Å². The fourth-order valence-electron chi connectivity index (χ4n) is 2.99. The Kier molecular flexibility index (Phi) is 8.19. The molecule has 2 N–H and O–H groups in total. The number of nitro groups is 1. The second-order valence-corrected chi connectivity index (χ2v) is 7.53. The smallest absolute Gasteiger partial charge is 0.282 e. The summed E-state index contributed by atoms with van der Waals surface area (Å²) in [5.74, 6) is -5.69. The number of anilines is 1. The van der Waals surface area contributed by atoms with Crippen LogP contribution in [0.2, 0.25) is 0 Å². The van der Waals surface area contributed by atoms with Gasteiger partial charge >= 0.3 is 0 Å². The number of azo groups is 1. The van der Waals surface area contributed by atoms with Crippen LogP contribution in [0.4, 0.5) is 21.5 Å². The van der Waals surface area contributed by atoms with E-state index >= 15 is 0 Å². The third-order valence-electron chi connectivity index (χ3n) is 4.74. The van der Waals surface area contributed by atoms with Gasteiger partial charge in [-0.2, -0.15) is 20.3 Å². The highest BCUT2D eigenvalue weighted by molar-refractivity contribution is 6.18. The number of hydrogen-bond donors (Lipinski definition) is 2. The molecule has 14 nitrogen and oxygen atoms in total. The summed E-state index contributed by atoms with van der Waals surface area (Å²) >= 11 is 0. The van der Waals surface area contributed by atoms with Gasteiger partial charge in [0.05, 0.1) is 22.0 Å². The number of non-ortho nitro benzene ring substituents is 1. The number of nitro benzene ring substituents is 1. The van der Waals surface area contributed by atoms with Crippen LogP contribution in [0, 0.1) is 15.9 Å². The molecule has 1 aliphatic heterocycles. The highest BCUT2D eigenvalue weighted by Gasteiger charge is 2.38. The van der Waals surface area contributed by atoms with E-state index in [-0.39, 0.29) is 22.8 Å². The molecule has 0 saturated heterocycles. The van der Waals surface area contributed by atoms with E-state index in [0.717, 1.165) is 6.07 Å². The monoisotopic (exact) mass is 511 g/mol. The summed E-state index contributed by atoms with van der Waals surface area (Å²) in [7, 11) is 0. The number of para-hydroxylation sites is 1. The van der Waals surface area contributed by atoms with Gasteiger partial charge in [0.1, 0.15) is 18.7 Å². The van der Waals surface area contributed by atoms with Crippen molar-refractivity contribution in [3.63, 3.8) is 0 Å². The molecule has 2 aromatic carbocycles. The zero-order valence-electron chi connectivity index (χ0n) is 19.1. The number of hydrogen-bond acceptors (Lipinski definition) is 10. The molecule has 1 atom stereocenters. The molecule has 0 unspecified atom stereocenters. The molecular weight excluding hydrogens is 493 g/mol. The summed E-state index contributed by atoms with van der Waals surface area (Å²) in [6.07, 6.45) is -1.76. The first-order valence-corrected chi connectivity index (χ1v) is 10.5. The molecule has 0 bridgehead atoms. The van der Waals surface area contributed by atoms with Crippen LogP contribution in [0.3, 0.4) is 0 Å². The van der Waals surface area contributed by atoms with Crippen molar-refractivity contribution in [1.29, 1.82) is 0 Å². The van der Waals surface area contributed by atoms with Crippen LogP contribution in [0.1, 0.15) is 19.8 Å². The minimum absolute atomic E-state index is 0.102. The fraction of sp³-hybridized carbons (Fsp3) is 0.182. The molecule has 0 spiro atoms. The Bertz CT molecular complexity index is 1340. The van der Waals surface area contributed by atoms with Gasteiger partial charge in [0.25, 0.3) is 17.5 Å².